The second kappa shape index (κ2) is 10.8. The summed E-state index contributed by atoms with van der Waals surface area (Å²) in [4.78, 5) is 47.2. The van der Waals surface area contributed by atoms with Crippen molar-refractivity contribution in [2.45, 2.75) is 57.3 Å². The van der Waals surface area contributed by atoms with E-state index in [1.807, 2.05) is 0 Å². The standard InChI is InChI=1S/C17H25FN3O9P/c1-8(2)16(19-12(23)3-4-14(24)25)31(28)29-7-11-10(22)5-13(30-11)21-6-9(18)15(26)20-17(21)27/h6,8,10-11,13,16,22,31H,3-5,7H2,1-2H3,(H,19,23)(H,24,25)(H,20,26,27)/t10?,11-,13-,16?/m0/s1. The Bertz CT molecular complexity index is 948. The number of H-pyrrole nitrogens is 1. The average molecular weight is 465 g/mol. The maximum Gasteiger partial charge on any atom is 0.330 e. The topological polar surface area (TPSA) is 177 Å². The van der Waals surface area contributed by atoms with Crippen molar-refractivity contribution in [3.63, 3.8) is 0 Å². The predicted octanol–water partition coefficient (Wildman–Crippen LogP) is -0.221. The predicted molar refractivity (Wildman–Crippen MR) is 104 cm³/mol. The molecule has 5 atom stereocenters. The summed E-state index contributed by atoms with van der Waals surface area (Å²) in [6, 6.07) is 0. The van der Waals surface area contributed by atoms with Gasteiger partial charge in [-0.25, -0.2) is 4.79 Å². The molecule has 174 valence electrons. The molecule has 1 fully saturated rings. The van der Waals surface area contributed by atoms with Gasteiger partial charge in [0, 0.05) is 12.8 Å². The number of carbonyl (C=O) groups is 2. The van der Waals surface area contributed by atoms with Crippen LogP contribution in [0.5, 0.6) is 0 Å². The highest BCUT2D eigenvalue weighted by Gasteiger charge is 2.37. The summed E-state index contributed by atoms with van der Waals surface area (Å²) < 4.78 is 37.6. The van der Waals surface area contributed by atoms with Gasteiger partial charge in [0.2, 0.25) is 19.8 Å². The smallest absolute Gasteiger partial charge is 0.330 e. The van der Waals surface area contributed by atoms with Crippen LogP contribution < -0.4 is 16.6 Å². The number of aromatic amines is 1. The van der Waals surface area contributed by atoms with E-state index in [0.717, 1.165) is 4.57 Å². The molecule has 0 aromatic carbocycles. The van der Waals surface area contributed by atoms with Crippen LogP contribution in [0.25, 0.3) is 0 Å². The van der Waals surface area contributed by atoms with Crippen molar-refractivity contribution in [1.82, 2.24) is 14.9 Å². The fourth-order valence-corrected chi connectivity index (χ4v) is 4.26. The minimum Gasteiger partial charge on any atom is -0.481 e. The molecule has 1 saturated heterocycles. The number of nitrogens with one attached hydrogen (secondary N) is 2. The van der Waals surface area contributed by atoms with Crippen molar-refractivity contribution < 1.29 is 38.0 Å². The lowest BCUT2D eigenvalue weighted by Crippen LogP contribution is -2.37. The molecule has 12 nitrogen and oxygen atoms in total. The van der Waals surface area contributed by atoms with Crippen molar-refractivity contribution in [1.29, 1.82) is 0 Å². The second-order valence-electron chi connectivity index (χ2n) is 7.39. The molecular weight excluding hydrogens is 440 g/mol. The van der Waals surface area contributed by atoms with Crippen molar-refractivity contribution in [2.24, 2.45) is 5.92 Å². The number of hydrogen-bond acceptors (Lipinski definition) is 8. The molecule has 2 rings (SSSR count). The molecule has 1 aliphatic heterocycles. The zero-order chi connectivity index (χ0) is 23.3. The van der Waals surface area contributed by atoms with Gasteiger partial charge in [-0.15, -0.1) is 0 Å². The van der Waals surface area contributed by atoms with E-state index in [4.69, 9.17) is 14.4 Å². The van der Waals surface area contributed by atoms with Gasteiger partial charge in [0.15, 0.2) is 0 Å². The number of carboxylic acid groups (broad SMARTS) is 1. The number of rotatable bonds is 10. The third kappa shape index (κ3) is 6.82. The highest BCUT2D eigenvalue weighted by Crippen LogP contribution is 2.35. The second-order valence-corrected chi connectivity index (χ2v) is 8.94. The molecule has 2 heterocycles. The van der Waals surface area contributed by atoms with Gasteiger partial charge in [-0.1, -0.05) is 13.8 Å². The van der Waals surface area contributed by atoms with Crippen LogP contribution in [-0.2, 0) is 23.4 Å². The Morgan fingerprint density at radius 3 is 2.71 bits per heavy atom. The molecule has 1 aromatic heterocycles. The monoisotopic (exact) mass is 465 g/mol. The highest BCUT2D eigenvalue weighted by atomic mass is 31.1. The molecule has 1 aromatic rings. The van der Waals surface area contributed by atoms with E-state index >= 15 is 0 Å². The zero-order valence-corrected chi connectivity index (χ0v) is 17.9. The third-order valence-electron chi connectivity index (χ3n) is 4.63. The SMILES string of the molecule is CC(C)C(NC(=O)CCC(=O)O)[PH](=O)OC[C@@H]1O[C@H](n2cc(F)c(=O)[nH]c2=O)CC1O. The number of nitrogens with zero attached hydrogens (tertiary/aromatic N) is 1. The van der Waals surface area contributed by atoms with Gasteiger partial charge in [-0.2, -0.15) is 4.39 Å². The van der Waals surface area contributed by atoms with Crippen LogP contribution in [0.4, 0.5) is 4.39 Å². The first-order valence-electron chi connectivity index (χ1n) is 9.51. The summed E-state index contributed by atoms with van der Waals surface area (Å²) >= 11 is 0. The number of aliphatic carboxylic acids is 1. The average Bonchev–Trinajstić information content (AvgIpc) is 3.05. The van der Waals surface area contributed by atoms with E-state index in [1.54, 1.807) is 18.8 Å². The van der Waals surface area contributed by atoms with Crippen LogP contribution in [0, 0.1) is 11.7 Å². The molecule has 14 heteroatoms. The third-order valence-corrected chi connectivity index (χ3v) is 6.40. The molecule has 4 N–H and O–H groups in total. The molecule has 3 unspecified atom stereocenters. The van der Waals surface area contributed by atoms with Crippen molar-refractivity contribution in [3.05, 3.63) is 32.9 Å². The maximum absolute atomic E-state index is 13.5. The molecule has 1 amide bonds. The van der Waals surface area contributed by atoms with Crippen molar-refractivity contribution in [2.75, 3.05) is 6.61 Å². The number of carbonyl (C=O) groups excluding carboxylic acids is 1. The Kier molecular flexibility index (Phi) is 8.69. The number of ether oxygens (including phenoxy) is 1. The van der Waals surface area contributed by atoms with Gasteiger partial charge in [-0.3, -0.25) is 28.5 Å². The van der Waals surface area contributed by atoms with E-state index in [0.29, 0.717) is 6.20 Å². The Morgan fingerprint density at radius 1 is 1.42 bits per heavy atom. The number of hydrogen-bond donors (Lipinski definition) is 4. The number of aliphatic hydroxyl groups is 1. The Morgan fingerprint density at radius 2 is 2.10 bits per heavy atom. The van der Waals surface area contributed by atoms with Gasteiger partial charge >= 0.3 is 11.7 Å². The minimum absolute atomic E-state index is 0.0973. The van der Waals surface area contributed by atoms with E-state index in [-0.39, 0.29) is 31.8 Å². The van der Waals surface area contributed by atoms with Crippen LogP contribution in [0.3, 0.4) is 0 Å². The Labute approximate surface area is 176 Å². The zero-order valence-electron chi connectivity index (χ0n) is 16.9. The van der Waals surface area contributed by atoms with Crippen LogP contribution in [0.2, 0.25) is 0 Å². The quantitative estimate of drug-likeness (QED) is 0.340. The summed E-state index contributed by atoms with van der Waals surface area (Å²) in [7, 11) is -2.87. The van der Waals surface area contributed by atoms with Crippen molar-refractivity contribution >= 4 is 19.9 Å². The molecule has 0 aliphatic carbocycles. The lowest BCUT2D eigenvalue weighted by atomic mass is 10.2. The normalized spacial score (nSPS) is 22.9. The molecule has 0 bridgehead atoms. The summed E-state index contributed by atoms with van der Waals surface area (Å²) in [5.41, 5.74) is -2.09. The number of halogens is 1. The Balaban J connectivity index is 1.96. The summed E-state index contributed by atoms with van der Waals surface area (Å²) in [5, 5.41) is 21.3. The first-order valence-corrected chi connectivity index (χ1v) is 10.9. The summed E-state index contributed by atoms with van der Waals surface area (Å²) in [6.07, 6.45) is -3.25. The van der Waals surface area contributed by atoms with Gasteiger partial charge in [0.05, 0.1) is 25.3 Å². The fourth-order valence-electron chi connectivity index (χ4n) is 2.93. The van der Waals surface area contributed by atoms with Gasteiger partial charge in [0.25, 0.3) is 5.56 Å². The van der Waals surface area contributed by atoms with Crippen LogP contribution >= 0.6 is 8.03 Å². The maximum atomic E-state index is 13.5. The van der Waals surface area contributed by atoms with E-state index < -0.39 is 61.2 Å². The van der Waals surface area contributed by atoms with Crippen molar-refractivity contribution in [3.8, 4) is 0 Å². The number of amides is 1. The van der Waals surface area contributed by atoms with Crippen LogP contribution in [0.15, 0.2) is 15.8 Å². The van der Waals surface area contributed by atoms with Crippen LogP contribution in [0.1, 0.15) is 39.3 Å². The fraction of sp³-hybridized carbons (Fsp3) is 0.647. The van der Waals surface area contributed by atoms with E-state index in [9.17, 15) is 33.2 Å². The van der Waals surface area contributed by atoms with Gasteiger partial charge < -0.3 is 24.8 Å². The summed E-state index contributed by atoms with van der Waals surface area (Å²) in [6.45, 7) is 3.06. The van der Waals surface area contributed by atoms with E-state index in [1.165, 1.54) is 0 Å². The Hall–Kier alpha value is -2.34. The van der Waals surface area contributed by atoms with Crippen LogP contribution in [-0.4, -0.2) is 56.2 Å². The first kappa shape index (κ1) is 24.9. The molecule has 0 spiro atoms. The number of carboxylic acids is 1. The molecule has 31 heavy (non-hydrogen) atoms. The van der Waals surface area contributed by atoms with Gasteiger partial charge in [-0.05, 0) is 5.92 Å². The minimum atomic E-state index is -2.87. The molecular formula is C17H25FN3O9P. The lowest BCUT2D eigenvalue weighted by molar-refractivity contribution is -0.138. The largest absolute Gasteiger partial charge is 0.481 e. The van der Waals surface area contributed by atoms with Gasteiger partial charge in [0.1, 0.15) is 18.1 Å². The highest BCUT2D eigenvalue weighted by molar-refractivity contribution is 7.40. The number of aliphatic hydroxyl groups excluding tert-OH is 1. The van der Waals surface area contributed by atoms with E-state index in [2.05, 4.69) is 5.32 Å². The first-order chi connectivity index (χ1) is 14.5. The summed E-state index contributed by atoms with van der Waals surface area (Å²) in [5.74, 6) is -4.06. The lowest BCUT2D eigenvalue weighted by Gasteiger charge is -2.23. The molecule has 0 saturated carbocycles. The molecule has 1 aliphatic rings. The number of aromatic nitrogens is 2. The molecule has 0 radical (unpaired) electrons.